The summed E-state index contributed by atoms with van der Waals surface area (Å²) in [6.07, 6.45) is 0.881. The fraction of sp³-hybridized carbons (Fsp3) is 0.889. The zero-order chi connectivity index (χ0) is 10.6. The molecule has 4 nitrogen and oxygen atoms in total. The van der Waals surface area contributed by atoms with Crippen LogP contribution in [0.15, 0.2) is 0 Å². The molecule has 0 amide bonds. The molecule has 0 spiro atoms. The molecule has 1 rings (SSSR count). The lowest BCUT2D eigenvalue weighted by molar-refractivity contribution is -0.0362. The summed E-state index contributed by atoms with van der Waals surface area (Å²) in [6.45, 7) is 4.19. The fourth-order valence-corrected chi connectivity index (χ4v) is 2.14. The molecule has 0 aromatic rings. The molecule has 1 aliphatic heterocycles. The van der Waals surface area contributed by atoms with Crippen LogP contribution in [0.2, 0.25) is 0 Å². The Morgan fingerprint density at radius 3 is 3.00 bits per heavy atom. The van der Waals surface area contributed by atoms with Crippen molar-refractivity contribution in [2.24, 2.45) is 5.73 Å². The van der Waals surface area contributed by atoms with E-state index in [1.807, 2.05) is 6.92 Å². The lowest BCUT2D eigenvalue weighted by Crippen LogP contribution is -2.55. The SMILES string of the molecule is CCC(C(N)=S)N1CCOCC1CO. The van der Waals surface area contributed by atoms with Gasteiger partial charge in [-0.15, -0.1) is 0 Å². The first-order chi connectivity index (χ1) is 6.70. The molecule has 3 N–H and O–H groups in total. The van der Waals surface area contributed by atoms with Gasteiger partial charge in [0.05, 0.1) is 36.9 Å². The summed E-state index contributed by atoms with van der Waals surface area (Å²) in [5, 5.41) is 9.18. The van der Waals surface area contributed by atoms with Gasteiger partial charge in [-0.1, -0.05) is 19.1 Å². The molecule has 0 aromatic carbocycles. The Kier molecular flexibility index (Phi) is 4.74. The van der Waals surface area contributed by atoms with E-state index in [1.165, 1.54) is 0 Å². The molecule has 0 saturated carbocycles. The highest BCUT2D eigenvalue weighted by molar-refractivity contribution is 7.80. The standard InChI is InChI=1S/C9H18N2O2S/c1-2-8(9(10)14)11-3-4-13-6-7(11)5-12/h7-8,12H,2-6H2,1H3,(H2,10,14). The van der Waals surface area contributed by atoms with Crippen LogP contribution in [0.1, 0.15) is 13.3 Å². The molecular weight excluding hydrogens is 200 g/mol. The van der Waals surface area contributed by atoms with Gasteiger partial charge < -0.3 is 15.6 Å². The minimum atomic E-state index is 0.0372. The Morgan fingerprint density at radius 1 is 1.79 bits per heavy atom. The quantitative estimate of drug-likeness (QED) is 0.637. The van der Waals surface area contributed by atoms with E-state index in [0.717, 1.165) is 13.0 Å². The summed E-state index contributed by atoms with van der Waals surface area (Å²) < 4.78 is 5.29. The Bertz CT molecular complexity index is 201. The fourth-order valence-electron chi connectivity index (χ4n) is 1.83. The number of nitrogens with zero attached hydrogens (tertiary/aromatic N) is 1. The predicted octanol–water partition coefficient (Wildman–Crippen LogP) is -0.256. The van der Waals surface area contributed by atoms with Crippen LogP contribution in [0.3, 0.4) is 0 Å². The van der Waals surface area contributed by atoms with E-state index < -0.39 is 0 Å². The van der Waals surface area contributed by atoms with Gasteiger partial charge in [-0.2, -0.15) is 0 Å². The lowest BCUT2D eigenvalue weighted by Gasteiger charge is -2.39. The van der Waals surface area contributed by atoms with Crippen molar-refractivity contribution in [2.75, 3.05) is 26.4 Å². The zero-order valence-electron chi connectivity index (χ0n) is 8.48. The maximum absolute atomic E-state index is 9.18. The van der Waals surface area contributed by atoms with Crippen LogP contribution in [0.4, 0.5) is 0 Å². The number of aliphatic hydroxyl groups is 1. The Hall–Kier alpha value is -0.230. The smallest absolute Gasteiger partial charge is 0.0902 e. The van der Waals surface area contributed by atoms with Gasteiger partial charge in [-0.25, -0.2) is 0 Å². The molecule has 82 valence electrons. The number of rotatable bonds is 4. The monoisotopic (exact) mass is 218 g/mol. The normalized spacial score (nSPS) is 26.0. The van der Waals surface area contributed by atoms with Gasteiger partial charge in [-0.05, 0) is 6.42 Å². The molecule has 2 unspecified atom stereocenters. The van der Waals surface area contributed by atoms with Crippen LogP contribution in [-0.4, -0.2) is 53.4 Å². The van der Waals surface area contributed by atoms with Crippen molar-refractivity contribution < 1.29 is 9.84 Å². The first-order valence-electron chi connectivity index (χ1n) is 4.94. The molecule has 0 aromatic heterocycles. The van der Waals surface area contributed by atoms with E-state index in [9.17, 15) is 5.11 Å². The van der Waals surface area contributed by atoms with Gasteiger partial charge in [0.1, 0.15) is 0 Å². The van der Waals surface area contributed by atoms with Crippen molar-refractivity contribution in [3.8, 4) is 0 Å². The average Bonchev–Trinajstić information content (AvgIpc) is 2.19. The molecule has 1 saturated heterocycles. The van der Waals surface area contributed by atoms with E-state index in [4.69, 9.17) is 22.7 Å². The van der Waals surface area contributed by atoms with E-state index in [2.05, 4.69) is 4.90 Å². The van der Waals surface area contributed by atoms with Gasteiger partial charge in [0.2, 0.25) is 0 Å². The van der Waals surface area contributed by atoms with E-state index >= 15 is 0 Å². The minimum absolute atomic E-state index is 0.0372. The molecule has 2 atom stereocenters. The Balaban J connectivity index is 2.65. The number of thiocarbonyl (C=S) groups is 1. The van der Waals surface area contributed by atoms with Gasteiger partial charge in [0.15, 0.2) is 0 Å². The van der Waals surface area contributed by atoms with Crippen LogP contribution < -0.4 is 5.73 Å². The highest BCUT2D eigenvalue weighted by Crippen LogP contribution is 2.13. The van der Waals surface area contributed by atoms with Crippen LogP contribution in [0.25, 0.3) is 0 Å². The highest BCUT2D eigenvalue weighted by atomic mass is 32.1. The van der Waals surface area contributed by atoms with Crippen LogP contribution in [0.5, 0.6) is 0 Å². The number of morpholine rings is 1. The maximum atomic E-state index is 9.18. The molecule has 5 heteroatoms. The van der Waals surface area contributed by atoms with Crippen LogP contribution in [-0.2, 0) is 4.74 Å². The summed E-state index contributed by atoms with van der Waals surface area (Å²) in [5.74, 6) is 0. The molecule has 1 fully saturated rings. The van der Waals surface area contributed by atoms with Crippen molar-refractivity contribution in [3.63, 3.8) is 0 Å². The maximum Gasteiger partial charge on any atom is 0.0902 e. The lowest BCUT2D eigenvalue weighted by atomic mass is 10.1. The van der Waals surface area contributed by atoms with E-state index in [-0.39, 0.29) is 18.7 Å². The van der Waals surface area contributed by atoms with Crippen molar-refractivity contribution in [1.82, 2.24) is 4.90 Å². The van der Waals surface area contributed by atoms with E-state index in [0.29, 0.717) is 18.2 Å². The van der Waals surface area contributed by atoms with Crippen LogP contribution in [0, 0.1) is 0 Å². The third-order valence-electron chi connectivity index (χ3n) is 2.60. The first kappa shape index (κ1) is 11.8. The largest absolute Gasteiger partial charge is 0.395 e. The number of hydrogen-bond acceptors (Lipinski definition) is 4. The number of nitrogens with two attached hydrogens (primary N) is 1. The second-order valence-corrected chi connectivity index (χ2v) is 3.95. The van der Waals surface area contributed by atoms with Gasteiger partial charge in [-0.3, -0.25) is 4.90 Å². The Labute approximate surface area is 90.0 Å². The molecule has 0 radical (unpaired) electrons. The average molecular weight is 218 g/mol. The zero-order valence-corrected chi connectivity index (χ0v) is 9.30. The van der Waals surface area contributed by atoms with E-state index in [1.54, 1.807) is 0 Å². The first-order valence-corrected chi connectivity index (χ1v) is 5.35. The van der Waals surface area contributed by atoms with Crippen molar-refractivity contribution in [1.29, 1.82) is 0 Å². The summed E-state index contributed by atoms with van der Waals surface area (Å²) in [5.41, 5.74) is 5.66. The Morgan fingerprint density at radius 2 is 2.50 bits per heavy atom. The summed E-state index contributed by atoms with van der Waals surface area (Å²) >= 11 is 5.01. The highest BCUT2D eigenvalue weighted by Gasteiger charge is 2.29. The summed E-state index contributed by atoms with van der Waals surface area (Å²) in [4.78, 5) is 2.65. The van der Waals surface area contributed by atoms with Crippen LogP contribution >= 0.6 is 12.2 Å². The molecule has 0 bridgehead atoms. The van der Waals surface area contributed by atoms with Crippen molar-refractivity contribution in [2.45, 2.75) is 25.4 Å². The van der Waals surface area contributed by atoms with Crippen molar-refractivity contribution in [3.05, 3.63) is 0 Å². The molecule has 1 aliphatic rings. The third kappa shape index (κ3) is 2.63. The van der Waals surface area contributed by atoms with Gasteiger partial charge in [0.25, 0.3) is 0 Å². The molecule has 0 aliphatic carbocycles. The predicted molar refractivity (Wildman–Crippen MR) is 59.3 cm³/mol. The second-order valence-electron chi connectivity index (χ2n) is 3.48. The van der Waals surface area contributed by atoms with Gasteiger partial charge in [0, 0.05) is 6.54 Å². The number of ether oxygens (including phenoxy) is 1. The molecule has 14 heavy (non-hydrogen) atoms. The summed E-state index contributed by atoms with van der Waals surface area (Å²) in [6, 6.07) is 0.126. The number of aliphatic hydroxyl groups excluding tert-OH is 1. The molecule has 1 heterocycles. The van der Waals surface area contributed by atoms with Crippen molar-refractivity contribution >= 4 is 17.2 Å². The molecular formula is C9H18N2O2S. The number of hydrogen-bond donors (Lipinski definition) is 2. The third-order valence-corrected chi connectivity index (χ3v) is 2.87. The summed E-state index contributed by atoms with van der Waals surface area (Å²) in [7, 11) is 0. The van der Waals surface area contributed by atoms with Gasteiger partial charge >= 0.3 is 0 Å². The second kappa shape index (κ2) is 5.60. The topological polar surface area (TPSA) is 58.7 Å². The minimum Gasteiger partial charge on any atom is -0.395 e.